The fourth-order valence-corrected chi connectivity index (χ4v) is 0.764. The number of aromatic nitrogens is 1. The molecule has 0 aliphatic rings. The monoisotopic (exact) mass is 167 g/mol. The Morgan fingerprint density at radius 2 is 1.80 bits per heavy atom. The summed E-state index contributed by atoms with van der Waals surface area (Å²) in [4.78, 5) is 3.89. The minimum absolute atomic E-state index is 0.562. The molecule has 1 nitrogen and oxygen atoms in total. The molecule has 1 aromatic rings. The first-order valence-corrected chi connectivity index (χ1v) is 3.57. The molecule has 0 unspecified atom stereocenters. The van der Waals surface area contributed by atoms with Gasteiger partial charge in [-0.15, -0.1) is 0 Å². The van der Waals surface area contributed by atoms with E-state index in [9.17, 15) is 0 Å². The number of hydrogen-bond acceptors (Lipinski definition) is 3. The highest BCUT2D eigenvalue weighted by Gasteiger charge is 1.71. The third-order valence-electron chi connectivity index (χ3n) is 0.929. The molecule has 1 aromatic heterocycles. The van der Waals surface area contributed by atoms with E-state index in [1.807, 2.05) is 12.1 Å². The van der Waals surface area contributed by atoms with Crippen molar-refractivity contribution in [1.82, 2.24) is 4.98 Å². The lowest BCUT2D eigenvalue weighted by Crippen LogP contribution is -1.65. The third-order valence-corrected chi connectivity index (χ3v) is 1.41. The lowest BCUT2D eigenvalue weighted by atomic mass is 10.5. The van der Waals surface area contributed by atoms with Gasteiger partial charge in [-0.25, -0.2) is 4.98 Å². The maximum absolute atomic E-state index is 4.88. The van der Waals surface area contributed by atoms with E-state index in [0.717, 1.165) is 0 Å². The maximum Gasteiger partial charge on any atom is 0.126 e. The predicted octanol–water partition coefficient (Wildman–Crippen LogP) is 2.54. The first-order valence-electron chi connectivity index (χ1n) is 2.76. The molecule has 0 aliphatic heterocycles. The van der Waals surface area contributed by atoms with Crippen LogP contribution in [0, 0.1) is 9.15 Å². The smallest absolute Gasteiger partial charge is 0.126 e. The lowest BCUT2D eigenvalue weighted by molar-refractivity contribution is 1.31. The van der Waals surface area contributed by atoms with Gasteiger partial charge in [0.1, 0.15) is 4.64 Å². The van der Waals surface area contributed by atoms with Gasteiger partial charge in [0.15, 0.2) is 0 Å². The third kappa shape index (κ3) is 2.29. The molecule has 0 amide bonds. The summed E-state index contributed by atoms with van der Waals surface area (Å²) >= 11 is 9.70. The molecule has 1 heterocycles. The topological polar surface area (TPSA) is 12.9 Å². The molecule has 0 aliphatic carbocycles. The molecule has 0 bridgehead atoms. The fourth-order valence-electron chi connectivity index (χ4n) is 0.502. The summed E-state index contributed by atoms with van der Waals surface area (Å²) in [6.45, 7) is 0. The summed E-state index contributed by atoms with van der Waals surface area (Å²) in [5.74, 6) is 0. The van der Waals surface area contributed by atoms with Crippen molar-refractivity contribution in [3.05, 3.63) is 39.6 Å². The number of nitrogens with zero attached hydrogens (tertiary/aromatic N) is 1. The second-order valence-corrected chi connectivity index (χ2v) is 2.61. The Bertz CT molecular complexity index is 301. The molecule has 1 rings (SSSR count). The maximum atomic E-state index is 4.88. The molecule has 0 radical (unpaired) electrons. The van der Waals surface area contributed by atoms with Crippen molar-refractivity contribution in [2.24, 2.45) is 0 Å². The van der Waals surface area contributed by atoms with Crippen LogP contribution in [-0.2, 0) is 0 Å². The highest BCUT2D eigenvalue weighted by molar-refractivity contribution is 7.71. The van der Waals surface area contributed by atoms with E-state index >= 15 is 0 Å². The van der Waals surface area contributed by atoms with Crippen LogP contribution in [0.1, 0.15) is 0 Å². The Labute approximate surface area is 69.4 Å². The first kappa shape index (κ1) is 7.44. The number of hydrogen-bond donors (Lipinski definition) is 0. The Morgan fingerprint density at radius 1 is 1.10 bits per heavy atom. The van der Waals surface area contributed by atoms with Crippen molar-refractivity contribution in [3.8, 4) is 0 Å². The zero-order chi connectivity index (χ0) is 7.40. The van der Waals surface area contributed by atoms with Crippen molar-refractivity contribution in [3.63, 3.8) is 0 Å². The largest absolute Gasteiger partial charge is 0.244 e. The summed E-state index contributed by atoms with van der Waals surface area (Å²) in [6.07, 6.45) is 1.58. The average Bonchev–Trinajstić information content (AvgIpc) is 1.90. The molecule has 0 saturated carbocycles. The molecule has 0 N–H and O–H groups in total. The van der Waals surface area contributed by atoms with Crippen LogP contribution in [0.4, 0.5) is 0 Å². The molecule has 0 spiro atoms. The van der Waals surface area contributed by atoms with Gasteiger partial charge in [0.2, 0.25) is 0 Å². The normalized spacial score (nSPS) is 8.80. The van der Waals surface area contributed by atoms with Crippen molar-refractivity contribution in [2.45, 2.75) is 0 Å². The van der Waals surface area contributed by atoms with Crippen molar-refractivity contribution < 1.29 is 0 Å². The van der Waals surface area contributed by atoms with Gasteiger partial charge in [0.05, 0.1) is 4.51 Å². The van der Waals surface area contributed by atoms with Crippen LogP contribution in [0.25, 0.3) is 0 Å². The average molecular weight is 167 g/mol. The first-order chi connectivity index (χ1) is 4.79. The molecule has 10 heavy (non-hydrogen) atoms. The zero-order valence-corrected chi connectivity index (χ0v) is 6.78. The van der Waals surface area contributed by atoms with E-state index in [1.165, 1.54) is 0 Å². The van der Waals surface area contributed by atoms with Gasteiger partial charge in [-0.05, 0) is 12.1 Å². The summed E-state index contributed by atoms with van der Waals surface area (Å²) < 4.78 is 1.26. The van der Waals surface area contributed by atoms with Gasteiger partial charge < -0.3 is 0 Å². The van der Waals surface area contributed by atoms with E-state index in [2.05, 4.69) is 4.98 Å². The van der Waals surface area contributed by atoms with Crippen LogP contribution in [-0.4, -0.2) is 4.98 Å². The van der Waals surface area contributed by atoms with Crippen LogP contribution in [0.5, 0.6) is 0 Å². The molecule has 0 atom stereocenters. The van der Waals surface area contributed by atoms with Gasteiger partial charge in [-0.1, -0.05) is 36.6 Å². The minimum atomic E-state index is 0.562. The molecular weight excluding hydrogens is 162 g/mol. The Hall–Kier alpha value is -0.670. The number of rotatable bonds is 0. The van der Waals surface area contributed by atoms with E-state index in [1.54, 1.807) is 18.3 Å². The molecule has 3 heteroatoms. The van der Waals surface area contributed by atoms with Gasteiger partial charge in [0.25, 0.3) is 0 Å². The Kier molecular flexibility index (Phi) is 2.59. The minimum Gasteiger partial charge on any atom is -0.244 e. The van der Waals surface area contributed by atoms with Crippen molar-refractivity contribution >= 4 is 24.4 Å². The quantitative estimate of drug-likeness (QED) is 0.551. The van der Waals surface area contributed by atoms with Crippen LogP contribution < -0.4 is 0 Å². The molecule has 0 aromatic carbocycles. The van der Waals surface area contributed by atoms with E-state index in [4.69, 9.17) is 24.4 Å². The van der Waals surface area contributed by atoms with Crippen LogP contribution in [0.3, 0.4) is 0 Å². The second kappa shape index (κ2) is 3.49. The Balaban J connectivity index is 3.44. The molecular formula is C7H5NS2. The van der Waals surface area contributed by atoms with Crippen molar-refractivity contribution in [2.75, 3.05) is 0 Å². The van der Waals surface area contributed by atoms with E-state index in [0.29, 0.717) is 9.15 Å². The summed E-state index contributed by atoms with van der Waals surface area (Å²) in [5, 5.41) is 0. The van der Waals surface area contributed by atoms with Gasteiger partial charge in [-0.2, -0.15) is 0 Å². The molecule has 0 saturated heterocycles. The molecule has 50 valence electrons. The van der Waals surface area contributed by atoms with E-state index in [-0.39, 0.29) is 0 Å². The van der Waals surface area contributed by atoms with Crippen LogP contribution in [0.15, 0.2) is 30.5 Å². The van der Waals surface area contributed by atoms with Crippen LogP contribution >= 0.6 is 24.4 Å². The highest BCUT2D eigenvalue weighted by Crippen LogP contribution is 1.85. The van der Waals surface area contributed by atoms with Gasteiger partial charge >= 0.3 is 0 Å². The summed E-state index contributed by atoms with van der Waals surface area (Å²) in [7, 11) is 0. The summed E-state index contributed by atoms with van der Waals surface area (Å²) in [6, 6.07) is 7.23. The SMILES string of the molecule is S=c1ccccc(=S)nc1. The van der Waals surface area contributed by atoms with Gasteiger partial charge in [-0.3, -0.25) is 0 Å². The van der Waals surface area contributed by atoms with Crippen molar-refractivity contribution in [1.29, 1.82) is 0 Å². The van der Waals surface area contributed by atoms with Gasteiger partial charge in [0, 0.05) is 6.20 Å². The fraction of sp³-hybridized carbons (Fsp3) is 0. The molecule has 0 fully saturated rings. The Morgan fingerprint density at radius 3 is 2.60 bits per heavy atom. The van der Waals surface area contributed by atoms with Crippen LogP contribution in [0.2, 0.25) is 0 Å². The lowest BCUT2D eigenvalue weighted by Gasteiger charge is -1.74. The van der Waals surface area contributed by atoms with E-state index < -0.39 is 0 Å². The summed E-state index contributed by atoms with van der Waals surface area (Å²) in [5.41, 5.74) is 0. The standard InChI is InChI=1S/C7H5NS2/c9-6-3-1-2-4-7(10)8-5-6/h1-5H. The highest BCUT2D eigenvalue weighted by atomic mass is 32.1. The predicted molar refractivity (Wildman–Crippen MR) is 45.9 cm³/mol. The second-order valence-electron chi connectivity index (χ2n) is 1.72. The zero-order valence-electron chi connectivity index (χ0n) is 5.15.